The third kappa shape index (κ3) is 7.52. The number of hydrogen-bond donors (Lipinski definition) is 0. The number of unbranched alkanes of at least 4 members (excludes halogenated alkanes) is 5. The van der Waals surface area contributed by atoms with Crippen LogP contribution in [0.5, 0.6) is 0 Å². The summed E-state index contributed by atoms with van der Waals surface area (Å²) in [5.74, 6) is 1.28. The van der Waals surface area contributed by atoms with Crippen LogP contribution in [0.3, 0.4) is 0 Å². The summed E-state index contributed by atoms with van der Waals surface area (Å²) in [6.07, 6.45) is 20.0. The highest BCUT2D eigenvalue weighted by atomic mass is 28.4. The lowest BCUT2D eigenvalue weighted by Crippen LogP contribution is -2.66. The van der Waals surface area contributed by atoms with Gasteiger partial charge < -0.3 is 13.9 Å². The highest BCUT2D eigenvalue weighted by molar-refractivity contribution is 6.99. The molecule has 0 amide bonds. The summed E-state index contributed by atoms with van der Waals surface area (Å²) in [5.41, 5.74) is 1.67. The minimum atomic E-state index is -2.44. The topological polar surface area (TPSA) is 27.7 Å². The summed E-state index contributed by atoms with van der Waals surface area (Å²) < 4.78 is 20.2. The van der Waals surface area contributed by atoms with Crippen LogP contribution in [-0.4, -0.2) is 32.9 Å². The summed E-state index contributed by atoms with van der Waals surface area (Å²) >= 11 is 0. The molecular weight excluding hydrogens is 557 g/mol. The predicted octanol–water partition coefficient (Wildman–Crippen LogP) is 9.36. The number of ether oxygens (including phenoxy) is 2. The van der Waals surface area contributed by atoms with Gasteiger partial charge in [0.25, 0.3) is 8.32 Å². The lowest BCUT2D eigenvalue weighted by atomic mass is 9.84. The van der Waals surface area contributed by atoms with E-state index in [0.29, 0.717) is 23.9 Å². The predicted molar refractivity (Wildman–Crippen MR) is 187 cm³/mol. The quantitative estimate of drug-likeness (QED) is 0.121. The second-order valence-electron chi connectivity index (χ2n) is 15.1. The van der Waals surface area contributed by atoms with E-state index < -0.39 is 14.1 Å². The Morgan fingerprint density at radius 1 is 0.886 bits per heavy atom. The molecule has 5 atom stereocenters. The Bertz CT molecular complexity index is 1190. The molecule has 0 unspecified atom stereocenters. The second kappa shape index (κ2) is 14.6. The minimum absolute atomic E-state index is 0.0321. The van der Waals surface area contributed by atoms with E-state index in [4.69, 9.17) is 13.9 Å². The van der Waals surface area contributed by atoms with Crippen LogP contribution in [0.25, 0.3) is 0 Å². The Morgan fingerprint density at radius 2 is 1.57 bits per heavy atom. The first-order valence-corrected chi connectivity index (χ1v) is 19.5. The monoisotopic (exact) mass is 614 g/mol. The molecular formula is C40H58O3Si. The molecule has 0 spiro atoms. The number of hydrogen-bond acceptors (Lipinski definition) is 3. The van der Waals surface area contributed by atoms with E-state index in [1.807, 2.05) is 0 Å². The molecule has 0 N–H and O–H groups in total. The van der Waals surface area contributed by atoms with Crippen molar-refractivity contribution in [1.82, 2.24) is 0 Å². The van der Waals surface area contributed by atoms with Crippen molar-refractivity contribution in [3.8, 4) is 0 Å². The van der Waals surface area contributed by atoms with E-state index >= 15 is 0 Å². The van der Waals surface area contributed by atoms with Crippen LogP contribution < -0.4 is 10.4 Å². The molecule has 1 saturated carbocycles. The zero-order valence-corrected chi connectivity index (χ0v) is 29.4. The van der Waals surface area contributed by atoms with Gasteiger partial charge in [0.1, 0.15) is 0 Å². The van der Waals surface area contributed by atoms with Crippen molar-refractivity contribution >= 4 is 18.7 Å². The van der Waals surface area contributed by atoms with Crippen LogP contribution in [0, 0.1) is 17.8 Å². The molecule has 2 aromatic carbocycles. The molecule has 0 radical (unpaired) electrons. The first-order chi connectivity index (χ1) is 21.1. The molecule has 1 saturated heterocycles. The molecule has 5 rings (SSSR count). The van der Waals surface area contributed by atoms with Crippen molar-refractivity contribution < 1.29 is 13.9 Å². The van der Waals surface area contributed by atoms with Crippen molar-refractivity contribution in [1.29, 1.82) is 0 Å². The normalized spacial score (nSPS) is 26.5. The third-order valence-electron chi connectivity index (χ3n) is 10.3. The van der Waals surface area contributed by atoms with Gasteiger partial charge in [-0.3, -0.25) is 0 Å². The summed E-state index contributed by atoms with van der Waals surface area (Å²) in [5, 5.41) is 2.77. The van der Waals surface area contributed by atoms with Crippen molar-refractivity contribution in [2.75, 3.05) is 6.61 Å². The summed E-state index contributed by atoms with van der Waals surface area (Å²) in [7, 11) is -2.44. The Labute approximate surface area is 269 Å². The first kappa shape index (κ1) is 33.4. The van der Waals surface area contributed by atoms with E-state index in [-0.39, 0.29) is 11.1 Å². The van der Waals surface area contributed by atoms with Crippen molar-refractivity contribution in [2.24, 2.45) is 17.8 Å². The summed E-state index contributed by atoms with van der Waals surface area (Å²) in [6, 6.07) is 22.0. The van der Waals surface area contributed by atoms with E-state index in [9.17, 15) is 0 Å². The molecule has 1 heterocycles. The van der Waals surface area contributed by atoms with E-state index in [0.717, 1.165) is 25.9 Å². The van der Waals surface area contributed by atoms with Gasteiger partial charge in [-0.15, -0.1) is 0 Å². The average Bonchev–Trinajstić information content (AvgIpc) is 3.53. The highest BCUT2D eigenvalue weighted by Crippen LogP contribution is 2.53. The zero-order chi connectivity index (χ0) is 31.2. The molecule has 240 valence electrons. The summed E-state index contributed by atoms with van der Waals surface area (Å²) in [4.78, 5) is 0. The maximum absolute atomic E-state index is 7.13. The van der Waals surface area contributed by atoms with Crippen LogP contribution in [0.15, 0.2) is 84.5 Å². The smallest absolute Gasteiger partial charge is 0.261 e. The average molecular weight is 615 g/mol. The third-order valence-corrected chi connectivity index (χ3v) is 15.4. The molecule has 44 heavy (non-hydrogen) atoms. The van der Waals surface area contributed by atoms with Gasteiger partial charge in [0.2, 0.25) is 0 Å². The fraction of sp³-hybridized carbons (Fsp3) is 0.600. The first-order valence-electron chi connectivity index (χ1n) is 17.6. The molecule has 4 heteroatoms. The molecule has 0 bridgehead atoms. The van der Waals surface area contributed by atoms with Crippen molar-refractivity contribution in [3.05, 3.63) is 84.5 Å². The van der Waals surface area contributed by atoms with Crippen LogP contribution >= 0.6 is 0 Å². The maximum atomic E-state index is 7.13. The molecule has 1 aliphatic heterocycles. The zero-order valence-electron chi connectivity index (χ0n) is 28.4. The molecule has 2 aromatic rings. The van der Waals surface area contributed by atoms with Gasteiger partial charge in [0.05, 0.1) is 12.2 Å². The standard InChI is InChI=1S/C40H58O3Si/c1-7-8-9-10-19-26-36-38-35-29-31(28-32(35)30-37(38)43-40(5,6)42-36)21-14-13-20-27-41-44(39(2,3)4,33-22-15-11-16-23-33)34-24-17-12-18-25-34/h11-12,15-19,22-26,28,32,35-38H,7-10,13-14,20-21,27,29-30H2,1-6H3/b26-19+/t32-,35-,36-,37+,38-/m0/s1. The SMILES string of the molecule is CCCCC/C=C/[C@@H]1OC(C)(C)O[C@@H]2C[C@@H]3C=C(CCCCCO[Si](c4ccccc4)(c4ccccc4)C(C)(C)C)C[C@@H]3[C@@H]12. The van der Waals surface area contributed by atoms with E-state index in [2.05, 4.69) is 120 Å². The van der Waals surface area contributed by atoms with Gasteiger partial charge in [0.15, 0.2) is 5.79 Å². The van der Waals surface area contributed by atoms with Gasteiger partial charge in [-0.2, -0.15) is 0 Å². The Balaban J connectivity index is 1.15. The molecule has 0 aromatic heterocycles. The number of allylic oxidation sites excluding steroid dienone is 3. The largest absolute Gasteiger partial charge is 0.407 e. The van der Waals surface area contributed by atoms with Gasteiger partial charge in [-0.1, -0.05) is 131 Å². The fourth-order valence-corrected chi connectivity index (χ4v) is 13.0. The van der Waals surface area contributed by atoms with Crippen LogP contribution in [0.2, 0.25) is 5.04 Å². The number of benzene rings is 2. The van der Waals surface area contributed by atoms with Crippen LogP contribution in [0.1, 0.15) is 106 Å². The Morgan fingerprint density at radius 3 is 2.20 bits per heavy atom. The van der Waals surface area contributed by atoms with Crippen LogP contribution in [-0.2, 0) is 13.9 Å². The molecule has 2 fully saturated rings. The maximum Gasteiger partial charge on any atom is 0.261 e. The number of fused-ring (bicyclic) bond motifs is 3. The van der Waals surface area contributed by atoms with E-state index in [1.165, 1.54) is 55.3 Å². The Kier molecular flexibility index (Phi) is 11.1. The highest BCUT2D eigenvalue weighted by Gasteiger charge is 2.54. The van der Waals surface area contributed by atoms with E-state index in [1.54, 1.807) is 5.57 Å². The minimum Gasteiger partial charge on any atom is -0.407 e. The molecule has 3 aliphatic rings. The molecule has 2 aliphatic carbocycles. The lowest BCUT2D eigenvalue weighted by Gasteiger charge is -2.44. The van der Waals surface area contributed by atoms with Gasteiger partial charge in [0, 0.05) is 12.5 Å². The number of rotatable bonds is 14. The van der Waals surface area contributed by atoms with Gasteiger partial charge >= 0.3 is 0 Å². The summed E-state index contributed by atoms with van der Waals surface area (Å²) in [6.45, 7) is 14.4. The van der Waals surface area contributed by atoms with Crippen molar-refractivity contribution in [3.63, 3.8) is 0 Å². The van der Waals surface area contributed by atoms with Gasteiger partial charge in [-0.25, -0.2) is 0 Å². The Hall–Kier alpha value is -1.98. The van der Waals surface area contributed by atoms with Gasteiger partial charge in [-0.05, 0) is 86.0 Å². The van der Waals surface area contributed by atoms with Crippen molar-refractivity contribution in [2.45, 2.75) is 129 Å². The lowest BCUT2D eigenvalue weighted by molar-refractivity contribution is -0.308. The fourth-order valence-electron chi connectivity index (χ4n) is 8.41. The second-order valence-corrected chi connectivity index (χ2v) is 19.4. The van der Waals surface area contributed by atoms with Crippen LogP contribution in [0.4, 0.5) is 0 Å². The molecule has 3 nitrogen and oxygen atoms in total.